The molecule has 196 valence electrons. The van der Waals surface area contributed by atoms with Gasteiger partial charge in [0, 0.05) is 24.2 Å². The molecule has 1 atom stereocenters. The van der Waals surface area contributed by atoms with Crippen molar-refractivity contribution in [1.29, 1.82) is 0 Å². The van der Waals surface area contributed by atoms with Gasteiger partial charge in [-0.05, 0) is 53.3 Å². The Morgan fingerprint density at radius 1 is 0.974 bits per heavy atom. The number of carbonyl (C=O) groups is 2. The van der Waals surface area contributed by atoms with Gasteiger partial charge < -0.3 is 14.7 Å². The lowest BCUT2D eigenvalue weighted by Crippen LogP contribution is -2.29. The van der Waals surface area contributed by atoms with Gasteiger partial charge in [-0.25, -0.2) is 0 Å². The Balaban J connectivity index is 1.80. The lowest BCUT2D eigenvalue weighted by molar-refractivity contribution is -0.384. The van der Waals surface area contributed by atoms with Gasteiger partial charge in [-0.2, -0.15) is 0 Å². The molecule has 3 aromatic rings. The van der Waals surface area contributed by atoms with Gasteiger partial charge >= 0.3 is 0 Å². The Morgan fingerprint density at radius 3 is 2.11 bits per heavy atom. The topological polar surface area (TPSA) is 110 Å². The Bertz CT molecular complexity index is 1380. The maximum absolute atomic E-state index is 13.3. The second-order valence-electron chi connectivity index (χ2n) is 10.2. The van der Waals surface area contributed by atoms with E-state index in [-0.39, 0.29) is 34.5 Å². The number of Topliss-reactive ketones (excluding diaryl/α,β-unsaturated/α-hetero) is 1. The Morgan fingerprint density at radius 2 is 1.58 bits per heavy atom. The minimum atomic E-state index is -0.842. The molecule has 3 aromatic carbocycles. The third-order valence-electron chi connectivity index (χ3n) is 6.57. The van der Waals surface area contributed by atoms with Gasteiger partial charge in [0.1, 0.15) is 11.5 Å². The molecule has 38 heavy (non-hydrogen) atoms. The molecular formula is C30H30N2O6. The van der Waals surface area contributed by atoms with Crippen LogP contribution < -0.4 is 4.74 Å². The van der Waals surface area contributed by atoms with E-state index in [0.29, 0.717) is 17.9 Å². The highest BCUT2D eigenvalue weighted by molar-refractivity contribution is 6.46. The first-order chi connectivity index (χ1) is 18.0. The van der Waals surface area contributed by atoms with Gasteiger partial charge in [0.05, 0.1) is 23.1 Å². The van der Waals surface area contributed by atoms with Crippen LogP contribution in [0.3, 0.4) is 0 Å². The van der Waals surface area contributed by atoms with Gasteiger partial charge in [0.25, 0.3) is 17.4 Å². The minimum absolute atomic E-state index is 0.0571. The molecule has 0 radical (unpaired) electrons. The highest BCUT2D eigenvalue weighted by Gasteiger charge is 2.46. The van der Waals surface area contributed by atoms with E-state index in [1.165, 1.54) is 29.2 Å². The normalized spacial score (nSPS) is 17.1. The number of amides is 1. The van der Waals surface area contributed by atoms with E-state index in [2.05, 4.69) is 20.8 Å². The van der Waals surface area contributed by atoms with E-state index in [4.69, 9.17) is 4.74 Å². The number of hydrogen-bond acceptors (Lipinski definition) is 6. The quantitative estimate of drug-likeness (QED) is 0.138. The molecule has 1 N–H and O–H groups in total. The zero-order chi connectivity index (χ0) is 27.6. The molecular weight excluding hydrogens is 484 g/mol. The second-order valence-corrected chi connectivity index (χ2v) is 10.2. The molecule has 1 aliphatic rings. The van der Waals surface area contributed by atoms with Gasteiger partial charge in [0.2, 0.25) is 0 Å². The van der Waals surface area contributed by atoms with E-state index < -0.39 is 22.7 Å². The van der Waals surface area contributed by atoms with Crippen molar-refractivity contribution >= 4 is 23.1 Å². The number of carbonyl (C=O) groups excluding carboxylic acids is 2. The monoisotopic (exact) mass is 514 g/mol. The van der Waals surface area contributed by atoms with Gasteiger partial charge in [-0.15, -0.1) is 0 Å². The predicted molar refractivity (Wildman–Crippen MR) is 144 cm³/mol. The molecule has 0 aromatic heterocycles. The van der Waals surface area contributed by atoms with Crippen molar-refractivity contribution in [2.75, 3.05) is 6.61 Å². The fourth-order valence-electron chi connectivity index (χ4n) is 4.51. The molecule has 8 heteroatoms. The maximum Gasteiger partial charge on any atom is 0.295 e. The third kappa shape index (κ3) is 5.29. The molecule has 0 saturated carbocycles. The molecule has 8 nitrogen and oxygen atoms in total. The zero-order valence-electron chi connectivity index (χ0n) is 21.8. The van der Waals surface area contributed by atoms with Crippen LogP contribution in [-0.4, -0.2) is 33.2 Å². The number of nitrogens with zero attached hydrogens (tertiary/aromatic N) is 2. The number of benzene rings is 3. The number of aliphatic hydroxyl groups is 1. The second kappa shape index (κ2) is 10.5. The van der Waals surface area contributed by atoms with Crippen LogP contribution in [0.5, 0.6) is 5.75 Å². The third-order valence-corrected chi connectivity index (χ3v) is 6.57. The van der Waals surface area contributed by atoms with Crippen molar-refractivity contribution in [2.24, 2.45) is 0 Å². The summed E-state index contributed by atoms with van der Waals surface area (Å²) in [5, 5.41) is 22.3. The Labute approximate surface area is 221 Å². The van der Waals surface area contributed by atoms with Crippen LogP contribution in [0.15, 0.2) is 78.4 Å². The van der Waals surface area contributed by atoms with Crippen LogP contribution in [-0.2, 0) is 21.5 Å². The van der Waals surface area contributed by atoms with Crippen molar-refractivity contribution in [3.05, 3.63) is 111 Å². The molecule has 0 spiro atoms. The summed E-state index contributed by atoms with van der Waals surface area (Å²) in [6.07, 6.45) is 0. The van der Waals surface area contributed by atoms with Crippen LogP contribution in [0.4, 0.5) is 5.69 Å². The summed E-state index contributed by atoms with van der Waals surface area (Å²) in [5.41, 5.74) is 2.46. The van der Waals surface area contributed by atoms with E-state index in [0.717, 1.165) is 11.1 Å². The summed E-state index contributed by atoms with van der Waals surface area (Å²) in [6, 6.07) is 19.3. The number of ether oxygens (including phenoxy) is 1. The summed E-state index contributed by atoms with van der Waals surface area (Å²) in [7, 11) is 0. The number of nitro groups is 1. The highest BCUT2D eigenvalue weighted by Crippen LogP contribution is 2.41. The van der Waals surface area contributed by atoms with Crippen molar-refractivity contribution < 1.29 is 24.4 Å². The molecule has 4 rings (SSSR count). The first-order valence-corrected chi connectivity index (χ1v) is 12.4. The van der Waals surface area contributed by atoms with E-state index in [1.807, 2.05) is 43.3 Å². The summed E-state index contributed by atoms with van der Waals surface area (Å²) in [5.74, 6) is -1.22. The van der Waals surface area contributed by atoms with Crippen LogP contribution in [0.2, 0.25) is 0 Å². The molecule has 1 amide bonds. The van der Waals surface area contributed by atoms with Crippen LogP contribution in [0.1, 0.15) is 56.0 Å². The number of ketones is 1. The lowest BCUT2D eigenvalue weighted by atomic mass is 9.85. The number of hydrogen-bond donors (Lipinski definition) is 1. The number of aliphatic hydroxyl groups excluding tert-OH is 1. The van der Waals surface area contributed by atoms with Gasteiger partial charge in [-0.3, -0.25) is 19.7 Å². The number of nitro benzene ring substituents is 1. The Hall–Kier alpha value is -4.46. The SMILES string of the molecule is CCOc1ccc(CN2C(=O)C(=O)/C(=C(\O)c3ccc([N+](=O)[O-])cc3)C2c2ccc(C(C)(C)C)cc2)cc1. The summed E-state index contributed by atoms with van der Waals surface area (Å²) in [4.78, 5) is 38.6. The van der Waals surface area contributed by atoms with Gasteiger partial charge in [-0.1, -0.05) is 57.2 Å². The molecule has 1 heterocycles. The summed E-state index contributed by atoms with van der Waals surface area (Å²) < 4.78 is 5.50. The van der Waals surface area contributed by atoms with Crippen LogP contribution >= 0.6 is 0 Å². The van der Waals surface area contributed by atoms with Crippen molar-refractivity contribution in [3.63, 3.8) is 0 Å². The van der Waals surface area contributed by atoms with Gasteiger partial charge in [0.15, 0.2) is 0 Å². The molecule has 1 aliphatic heterocycles. The first kappa shape index (κ1) is 26.6. The largest absolute Gasteiger partial charge is 0.507 e. The molecule has 1 saturated heterocycles. The van der Waals surface area contributed by atoms with Crippen LogP contribution in [0, 0.1) is 10.1 Å². The van der Waals surface area contributed by atoms with E-state index in [9.17, 15) is 24.8 Å². The highest BCUT2D eigenvalue weighted by atomic mass is 16.6. The van der Waals surface area contributed by atoms with Crippen molar-refractivity contribution in [1.82, 2.24) is 4.90 Å². The lowest BCUT2D eigenvalue weighted by Gasteiger charge is -2.26. The fourth-order valence-corrected chi connectivity index (χ4v) is 4.51. The number of non-ortho nitro benzene ring substituents is 1. The molecule has 0 bridgehead atoms. The van der Waals surface area contributed by atoms with Crippen LogP contribution in [0.25, 0.3) is 5.76 Å². The van der Waals surface area contributed by atoms with Crippen molar-refractivity contribution in [2.45, 2.75) is 45.7 Å². The summed E-state index contributed by atoms with van der Waals surface area (Å²) >= 11 is 0. The standard InChI is InChI=1S/C30H30N2O6/c1-5-38-24-16-6-19(7-17-24)18-31-26(20-8-12-22(13-9-20)30(2,3)4)25(28(34)29(31)35)27(33)21-10-14-23(15-11-21)32(36)37/h6-17,26,33H,5,18H2,1-4H3/b27-25-. The van der Waals surface area contributed by atoms with Crippen molar-refractivity contribution in [3.8, 4) is 5.75 Å². The minimum Gasteiger partial charge on any atom is -0.507 e. The average molecular weight is 515 g/mol. The molecule has 1 fully saturated rings. The fraction of sp³-hybridized carbons (Fsp3) is 0.267. The van der Waals surface area contributed by atoms with E-state index >= 15 is 0 Å². The molecule has 1 unspecified atom stereocenters. The number of likely N-dealkylation sites (tertiary alicyclic amines) is 1. The maximum atomic E-state index is 13.3. The zero-order valence-corrected chi connectivity index (χ0v) is 21.8. The predicted octanol–water partition coefficient (Wildman–Crippen LogP) is 5.91. The number of rotatable bonds is 7. The average Bonchev–Trinajstić information content (AvgIpc) is 3.14. The Kier molecular flexibility index (Phi) is 7.35. The smallest absolute Gasteiger partial charge is 0.295 e. The molecule has 0 aliphatic carbocycles. The van der Waals surface area contributed by atoms with E-state index in [1.54, 1.807) is 12.1 Å². The first-order valence-electron chi connectivity index (χ1n) is 12.4. The summed E-state index contributed by atoms with van der Waals surface area (Å²) in [6.45, 7) is 8.84.